The van der Waals surface area contributed by atoms with E-state index >= 15 is 0 Å². The molecule has 1 atom stereocenters. The SMILES string of the molecule is CCNC1(CC(=O)OCC)CCc2ccccc2C1. The number of ether oxygens (including phenoxy) is 1. The van der Waals surface area contributed by atoms with Gasteiger partial charge in [-0.05, 0) is 43.9 Å². The van der Waals surface area contributed by atoms with Gasteiger partial charge in [0.2, 0.25) is 0 Å². The van der Waals surface area contributed by atoms with Gasteiger partial charge in [-0.2, -0.15) is 0 Å². The average molecular weight is 261 g/mol. The number of fused-ring (bicyclic) bond motifs is 1. The van der Waals surface area contributed by atoms with Crippen molar-refractivity contribution in [1.82, 2.24) is 5.32 Å². The number of rotatable bonds is 5. The largest absolute Gasteiger partial charge is 0.466 e. The van der Waals surface area contributed by atoms with E-state index in [4.69, 9.17) is 4.74 Å². The summed E-state index contributed by atoms with van der Waals surface area (Å²) in [5.41, 5.74) is 2.65. The summed E-state index contributed by atoms with van der Waals surface area (Å²) >= 11 is 0. The molecule has 1 aromatic rings. The summed E-state index contributed by atoms with van der Waals surface area (Å²) in [5.74, 6) is -0.0946. The fourth-order valence-corrected chi connectivity index (χ4v) is 3.03. The van der Waals surface area contributed by atoms with E-state index in [0.29, 0.717) is 13.0 Å². The van der Waals surface area contributed by atoms with Crippen molar-refractivity contribution >= 4 is 5.97 Å². The van der Waals surface area contributed by atoms with Crippen molar-refractivity contribution in [2.75, 3.05) is 13.2 Å². The zero-order valence-electron chi connectivity index (χ0n) is 11.9. The standard InChI is InChI=1S/C16H23NO2/c1-3-17-16(12-15(18)19-4-2)10-9-13-7-5-6-8-14(13)11-16/h5-8,17H,3-4,9-12H2,1-2H3. The smallest absolute Gasteiger partial charge is 0.307 e. The summed E-state index contributed by atoms with van der Waals surface area (Å²) < 4.78 is 5.13. The highest BCUT2D eigenvalue weighted by atomic mass is 16.5. The maximum Gasteiger partial charge on any atom is 0.307 e. The predicted molar refractivity (Wildman–Crippen MR) is 76.1 cm³/mol. The van der Waals surface area contributed by atoms with E-state index in [0.717, 1.165) is 25.8 Å². The number of hydrogen-bond acceptors (Lipinski definition) is 3. The summed E-state index contributed by atoms with van der Waals surface area (Å²) in [6.45, 7) is 5.28. The summed E-state index contributed by atoms with van der Waals surface area (Å²) in [7, 11) is 0. The van der Waals surface area contributed by atoms with Crippen molar-refractivity contribution in [2.45, 2.75) is 45.1 Å². The molecule has 2 rings (SSSR count). The Morgan fingerprint density at radius 1 is 1.32 bits per heavy atom. The summed E-state index contributed by atoms with van der Waals surface area (Å²) in [4.78, 5) is 11.8. The van der Waals surface area contributed by atoms with E-state index in [1.807, 2.05) is 6.92 Å². The fourth-order valence-electron chi connectivity index (χ4n) is 3.03. The molecule has 0 aromatic heterocycles. The molecule has 0 saturated carbocycles. The number of aryl methyl sites for hydroxylation is 1. The van der Waals surface area contributed by atoms with Crippen LogP contribution in [0.3, 0.4) is 0 Å². The lowest BCUT2D eigenvalue weighted by Crippen LogP contribution is -2.51. The van der Waals surface area contributed by atoms with Crippen LogP contribution in [-0.2, 0) is 22.4 Å². The molecule has 0 radical (unpaired) electrons. The molecule has 3 nitrogen and oxygen atoms in total. The van der Waals surface area contributed by atoms with E-state index in [1.54, 1.807) is 0 Å². The lowest BCUT2D eigenvalue weighted by Gasteiger charge is -2.38. The molecule has 1 unspecified atom stereocenters. The highest BCUT2D eigenvalue weighted by molar-refractivity contribution is 5.71. The Kier molecular flexibility index (Phi) is 4.59. The van der Waals surface area contributed by atoms with Gasteiger partial charge in [-0.3, -0.25) is 4.79 Å². The second-order valence-electron chi connectivity index (χ2n) is 5.24. The first-order valence-electron chi connectivity index (χ1n) is 7.16. The maximum absolute atomic E-state index is 11.8. The van der Waals surface area contributed by atoms with Crippen LogP contribution in [-0.4, -0.2) is 24.7 Å². The van der Waals surface area contributed by atoms with E-state index < -0.39 is 0 Å². The van der Waals surface area contributed by atoms with E-state index in [2.05, 4.69) is 36.5 Å². The number of nitrogens with one attached hydrogen (secondary N) is 1. The van der Waals surface area contributed by atoms with Gasteiger partial charge in [-0.1, -0.05) is 31.2 Å². The van der Waals surface area contributed by atoms with Crippen LogP contribution < -0.4 is 5.32 Å². The number of likely N-dealkylation sites (N-methyl/N-ethyl adjacent to an activating group) is 1. The number of hydrogen-bond donors (Lipinski definition) is 1. The fraction of sp³-hybridized carbons (Fsp3) is 0.562. The van der Waals surface area contributed by atoms with Crippen LogP contribution in [0.15, 0.2) is 24.3 Å². The van der Waals surface area contributed by atoms with E-state index in [9.17, 15) is 4.79 Å². The summed E-state index contributed by atoms with van der Waals surface area (Å²) in [6, 6.07) is 8.52. The summed E-state index contributed by atoms with van der Waals surface area (Å²) in [6.07, 6.45) is 3.40. The van der Waals surface area contributed by atoms with Crippen LogP contribution in [0.4, 0.5) is 0 Å². The Morgan fingerprint density at radius 2 is 2.05 bits per heavy atom. The van der Waals surface area contributed by atoms with Crippen molar-refractivity contribution in [1.29, 1.82) is 0 Å². The first-order chi connectivity index (χ1) is 9.19. The molecule has 1 N–H and O–H groups in total. The minimum atomic E-state index is -0.130. The first-order valence-corrected chi connectivity index (χ1v) is 7.16. The minimum Gasteiger partial charge on any atom is -0.466 e. The van der Waals surface area contributed by atoms with Gasteiger partial charge in [0.25, 0.3) is 0 Å². The van der Waals surface area contributed by atoms with Gasteiger partial charge >= 0.3 is 5.97 Å². The summed E-state index contributed by atoms with van der Waals surface area (Å²) in [5, 5.41) is 3.53. The normalized spacial score (nSPS) is 21.8. The van der Waals surface area contributed by atoms with Crippen LogP contribution in [0.2, 0.25) is 0 Å². The maximum atomic E-state index is 11.8. The topological polar surface area (TPSA) is 38.3 Å². The Morgan fingerprint density at radius 3 is 2.74 bits per heavy atom. The minimum absolute atomic E-state index is 0.0946. The number of esters is 1. The highest BCUT2D eigenvalue weighted by Gasteiger charge is 2.35. The zero-order chi connectivity index (χ0) is 13.7. The molecule has 3 heteroatoms. The Balaban J connectivity index is 2.15. The first kappa shape index (κ1) is 14.1. The highest BCUT2D eigenvalue weighted by Crippen LogP contribution is 2.31. The number of carbonyl (C=O) groups excluding carboxylic acids is 1. The molecular weight excluding hydrogens is 238 g/mol. The van der Waals surface area contributed by atoms with Gasteiger partial charge in [-0.25, -0.2) is 0 Å². The lowest BCUT2D eigenvalue weighted by molar-refractivity contribution is -0.145. The monoisotopic (exact) mass is 261 g/mol. The molecule has 0 heterocycles. The number of benzene rings is 1. The predicted octanol–water partition coefficient (Wildman–Crippen LogP) is 2.48. The Labute approximate surface area is 115 Å². The van der Waals surface area contributed by atoms with Gasteiger partial charge in [0.15, 0.2) is 0 Å². The molecule has 0 bridgehead atoms. The molecule has 104 valence electrons. The van der Waals surface area contributed by atoms with Gasteiger partial charge in [0.05, 0.1) is 13.0 Å². The molecule has 1 aliphatic rings. The molecular formula is C16H23NO2. The molecule has 1 aromatic carbocycles. The zero-order valence-corrected chi connectivity index (χ0v) is 11.9. The van der Waals surface area contributed by atoms with Gasteiger partial charge in [-0.15, -0.1) is 0 Å². The molecule has 0 fully saturated rings. The van der Waals surface area contributed by atoms with Crippen molar-refractivity contribution in [3.8, 4) is 0 Å². The molecule has 0 aliphatic heterocycles. The number of carbonyl (C=O) groups is 1. The molecule has 0 spiro atoms. The van der Waals surface area contributed by atoms with Crippen molar-refractivity contribution in [2.24, 2.45) is 0 Å². The Hall–Kier alpha value is -1.35. The lowest BCUT2D eigenvalue weighted by atomic mass is 9.76. The molecule has 0 saturated heterocycles. The third-order valence-corrected chi connectivity index (χ3v) is 3.86. The van der Waals surface area contributed by atoms with E-state index in [1.165, 1.54) is 11.1 Å². The van der Waals surface area contributed by atoms with Crippen LogP contribution in [0.25, 0.3) is 0 Å². The van der Waals surface area contributed by atoms with Crippen molar-refractivity contribution in [3.05, 3.63) is 35.4 Å². The molecule has 19 heavy (non-hydrogen) atoms. The second kappa shape index (κ2) is 6.20. The Bertz CT molecular complexity index is 444. The quantitative estimate of drug-likeness (QED) is 0.828. The van der Waals surface area contributed by atoms with Gasteiger partial charge in [0, 0.05) is 5.54 Å². The average Bonchev–Trinajstić information content (AvgIpc) is 2.39. The van der Waals surface area contributed by atoms with Crippen molar-refractivity contribution in [3.63, 3.8) is 0 Å². The third-order valence-electron chi connectivity index (χ3n) is 3.86. The van der Waals surface area contributed by atoms with Crippen LogP contribution in [0, 0.1) is 0 Å². The van der Waals surface area contributed by atoms with Gasteiger partial charge in [0.1, 0.15) is 0 Å². The molecule has 0 amide bonds. The van der Waals surface area contributed by atoms with E-state index in [-0.39, 0.29) is 11.5 Å². The van der Waals surface area contributed by atoms with Crippen LogP contribution in [0.5, 0.6) is 0 Å². The third kappa shape index (κ3) is 3.35. The second-order valence-corrected chi connectivity index (χ2v) is 5.24. The molecule has 1 aliphatic carbocycles. The van der Waals surface area contributed by atoms with Gasteiger partial charge < -0.3 is 10.1 Å². The van der Waals surface area contributed by atoms with Crippen LogP contribution >= 0.6 is 0 Å². The van der Waals surface area contributed by atoms with Crippen molar-refractivity contribution < 1.29 is 9.53 Å². The van der Waals surface area contributed by atoms with Crippen LogP contribution in [0.1, 0.15) is 37.8 Å².